The van der Waals surface area contributed by atoms with Crippen LogP contribution in [0.4, 0.5) is 0 Å². The van der Waals surface area contributed by atoms with E-state index in [2.05, 4.69) is 172 Å². The molecule has 0 amide bonds. The second kappa shape index (κ2) is 14.4. The van der Waals surface area contributed by atoms with Crippen molar-refractivity contribution in [2.45, 2.75) is 24.7 Å². The van der Waals surface area contributed by atoms with E-state index in [4.69, 9.17) is 15.0 Å². The van der Waals surface area contributed by atoms with Gasteiger partial charge in [0.05, 0.1) is 17.0 Å². The lowest BCUT2D eigenvalue weighted by molar-refractivity contribution is 0.563. The average molecular weight is 817 g/mol. The van der Waals surface area contributed by atoms with Crippen LogP contribution in [-0.4, -0.2) is 15.0 Å². The molecule has 0 atom stereocenters. The van der Waals surface area contributed by atoms with Crippen LogP contribution in [0.1, 0.15) is 52.8 Å². The first-order valence-corrected chi connectivity index (χ1v) is 21.8. The van der Waals surface area contributed by atoms with Crippen LogP contribution in [0.25, 0.3) is 78.3 Å². The van der Waals surface area contributed by atoms with E-state index in [9.17, 15) is 5.26 Å². The number of aromatic nitrogens is 3. The highest BCUT2D eigenvalue weighted by Gasteiger charge is 2.53. The molecule has 64 heavy (non-hydrogen) atoms. The fourth-order valence-electron chi connectivity index (χ4n) is 10.7. The van der Waals surface area contributed by atoms with Gasteiger partial charge in [-0.25, -0.2) is 15.0 Å². The van der Waals surface area contributed by atoms with Crippen molar-refractivity contribution in [3.05, 3.63) is 245 Å². The summed E-state index contributed by atoms with van der Waals surface area (Å²) in [5.74, 6) is 1.74. The quantitative estimate of drug-likeness (QED) is 0.174. The van der Waals surface area contributed by atoms with Gasteiger partial charge < -0.3 is 0 Å². The van der Waals surface area contributed by atoms with Crippen molar-refractivity contribution in [3.8, 4) is 73.6 Å². The van der Waals surface area contributed by atoms with E-state index in [0.29, 0.717) is 23.0 Å². The van der Waals surface area contributed by atoms with Crippen LogP contribution < -0.4 is 0 Å². The minimum atomic E-state index is -0.416. The average Bonchev–Trinajstić information content (AvgIpc) is 3.66. The Morgan fingerprint density at radius 2 is 0.766 bits per heavy atom. The van der Waals surface area contributed by atoms with Crippen molar-refractivity contribution < 1.29 is 0 Å². The minimum Gasteiger partial charge on any atom is -0.208 e. The topological polar surface area (TPSA) is 62.5 Å². The van der Waals surface area contributed by atoms with Gasteiger partial charge in [0.2, 0.25) is 0 Å². The predicted molar refractivity (Wildman–Crippen MR) is 259 cm³/mol. The molecule has 0 saturated carbocycles. The molecule has 1 heterocycles. The predicted octanol–water partition coefficient (Wildman–Crippen LogP) is 14.2. The molecule has 2 aliphatic carbocycles. The van der Waals surface area contributed by atoms with Crippen molar-refractivity contribution in [2.75, 3.05) is 0 Å². The zero-order valence-corrected chi connectivity index (χ0v) is 35.4. The third-order valence-electron chi connectivity index (χ3n) is 13.7. The molecule has 12 rings (SSSR count). The minimum absolute atomic E-state index is 0.132. The van der Waals surface area contributed by atoms with Gasteiger partial charge in [-0.3, -0.25) is 0 Å². The fourth-order valence-corrected chi connectivity index (χ4v) is 10.7. The Hall–Kier alpha value is -8.26. The molecular formula is C60H40N4. The SMILES string of the molecule is CC1(C)c2ccccc2C2(c3ccccc3-c3cc(-c4ccc(-c5ccc(-c6nc(-c7ccccc7)nc(-c7ccc(C#N)cc7)n6)cc5)c5ccccc45)ccc32)c2ccccc21. The highest BCUT2D eigenvalue weighted by molar-refractivity contribution is 6.06. The summed E-state index contributed by atoms with van der Waals surface area (Å²) in [6.45, 7) is 4.75. The van der Waals surface area contributed by atoms with Gasteiger partial charge >= 0.3 is 0 Å². The molecule has 2 aliphatic rings. The van der Waals surface area contributed by atoms with Crippen LogP contribution in [0.5, 0.6) is 0 Å². The molecule has 9 aromatic carbocycles. The molecular weight excluding hydrogens is 777 g/mol. The van der Waals surface area contributed by atoms with Crippen molar-refractivity contribution in [1.29, 1.82) is 5.26 Å². The zero-order chi connectivity index (χ0) is 43.0. The van der Waals surface area contributed by atoms with Crippen LogP contribution in [0.15, 0.2) is 206 Å². The zero-order valence-electron chi connectivity index (χ0n) is 35.4. The Bertz CT molecular complexity index is 3470. The summed E-state index contributed by atoms with van der Waals surface area (Å²) in [5.41, 5.74) is 18.1. The molecule has 0 saturated heterocycles. The number of hydrogen-bond donors (Lipinski definition) is 0. The van der Waals surface area contributed by atoms with E-state index >= 15 is 0 Å². The van der Waals surface area contributed by atoms with Crippen molar-refractivity contribution in [1.82, 2.24) is 15.0 Å². The van der Waals surface area contributed by atoms with Gasteiger partial charge in [0.1, 0.15) is 0 Å². The van der Waals surface area contributed by atoms with E-state index in [1.54, 1.807) is 12.1 Å². The van der Waals surface area contributed by atoms with E-state index in [0.717, 1.165) is 27.8 Å². The summed E-state index contributed by atoms with van der Waals surface area (Å²) >= 11 is 0. The Morgan fingerprint density at radius 1 is 0.344 bits per heavy atom. The van der Waals surface area contributed by atoms with Crippen LogP contribution >= 0.6 is 0 Å². The van der Waals surface area contributed by atoms with Gasteiger partial charge in [-0.2, -0.15) is 5.26 Å². The number of fused-ring (bicyclic) bond motifs is 10. The van der Waals surface area contributed by atoms with Crippen molar-refractivity contribution >= 4 is 10.8 Å². The number of benzene rings is 9. The van der Waals surface area contributed by atoms with Crippen LogP contribution in [0.3, 0.4) is 0 Å². The smallest absolute Gasteiger partial charge is 0.164 e. The third kappa shape index (κ3) is 5.58. The second-order valence-corrected chi connectivity index (χ2v) is 17.4. The first-order valence-electron chi connectivity index (χ1n) is 21.8. The Labute approximate surface area is 372 Å². The van der Waals surface area contributed by atoms with Crippen LogP contribution in [-0.2, 0) is 10.8 Å². The molecule has 0 aliphatic heterocycles. The molecule has 4 heteroatoms. The molecule has 10 aromatic rings. The first-order chi connectivity index (χ1) is 31.4. The highest BCUT2D eigenvalue weighted by atomic mass is 15.0. The van der Waals surface area contributed by atoms with E-state index in [1.807, 2.05) is 42.5 Å². The fraction of sp³-hybridized carbons (Fsp3) is 0.0667. The van der Waals surface area contributed by atoms with Gasteiger partial charge in [0, 0.05) is 22.1 Å². The summed E-state index contributed by atoms with van der Waals surface area (Å²) in [4.78, 5) is 14.8. The molecule has 0 N–H and O–H groups in total. The van der Waals surface area contributed by atoms with Gasteiger partial charge in [0.15, 0.2) is 17.5 Å². The molecule has 0 radical (unpaired) electrons. The maximum absolute atomic E-state index is 9.39. The van der Waals surface area contributed by atoms with Gasteiger partial charge in [0.25, 0.3) is 0 Å². The largest absolute Gasteiger partial charge is 0.208 e. The second-order valence-electron chi connectivity index (χ2n) is 17.4. The lowest BCUT2D eigenvalue weighted by atomic mass is 9.55. The van der Waals surface area contributed by atoms with Gasteiger partial charge in [-0.15, -0.1) is 0 Å². The summed E-state index contributed by atoms with van der Waals surface area (Å²) in [6.07, 6.45) is 0. The van der Waals surface area contributed by atoms with E-state index in [-0.39, 0.29) is 5.41 Å². The monoisotopic (exact) mass is 816 g/mol. The summed E-state index contributed by atoms with van der Waals surface area (Å²) < 4.78 is 0. The van der Waals surface area contributed by atoms with Crippen molar-refractivity contribution in [3.63, 3.8) is 0 Å². The normalized spacial score (nSPS) is 13.7. The molecule has 300 valence electrons. The number of nitrogens with zero attached hydrogens (tertiary/aromatic N) is 4. The third-order valence-corrected chi connectivity index (χ3v) is 13.7. The van der Waals surface area contributed by atoms with Crippen LogP contribution in [0.2, 0.25) is 0 Å². The Balaban J connectivity index is 0.954. The number of rotatable bonds is 5. The summed E-state index contributed by atoms with van der Waals surface area (Å²) in [6, 6.07) is 75.9. The molecule has 0 bridgehead atoms. The maximum Gasteiger partial charge on any atom is 0.164 e. The number of nitriles is 1. The molecule has 1 aromatic heterocycles. The van der Waals surface area contributed by atoms with E-state index in [1.165, 1.54) is 66.4 Å². The Morgan fingerprint density at radius 3 is 1.34 bits per heavy atom. The van der Waals surface area contributed by atoms with E-state index < -0.39 is 5.41 Å². The first kappa shape index (κ1) is 37.5. The number of hydrogen-bond acceptors (Lipinski definition) is 4. The molecule has 0 fully saturated rings. The summed E-state index contributed by atoms with van der Waals surface area (Å²) in [7, 11) is 0. The summed E-state index contributed by atoms with van der Waals surface area (Å²) in [5, 5.41) is 11.8. The maximum atomic E-state index is 9.39. The van der Waals surface area contributed by atoms with Gasteiger partial charge in [-0.05, 0) is 108 Å². The molecule has 0 unspecified atom stereocenters. The Kier molecular flexibility index (Phi) is 8.44. The van der Waals surface area contributed by atoms with Crippen LogP contribution in [0, 0.1) is 11.3 Å². The standard InChI is InChI=1S/C60H40N4/c1-59(2)52-20-10-12-22-54(52)60(55-23-13-11-21-53(55)59)50-19-9-8-18-48(50)49-36-43(32-35-51(49)60)45-34-33-44(46-16-6-7-17-47(45)46)39-28-30-42(31-29-39)58-63-56(40-14-4-3-5-15-40)62-57(64-58)41-26-24-38(37-61)25-27-41/h3-36H,1-2H3. The lowest BCUT2D eigenvalue weighted by Crippen LogP contribution is -2.40. The molecule has 4 nitrogen and oxygen atoms in total. The molecule has 1 spiro atoms. The van der Waals surface area contributed by atoms with Crippen molar-refractivity contribution in [2.24, 2.45) is 0 Å². The highest BCUT2D eigenvalue weighted by Crippen LogP contribution is 2.62. The van der Waals surface area contributed by atoms with Gasteiger partial charge in [-0.1, -0.05) is 190 Å². The lowest BCUT2D eigenvalue weighted by Gasteiger charge is -2.46.